The Morgan fingerprint density at radius 2 is 1.74 bits per heavy atom. The molecule has 1 aromatic heterocycles. The molecule has 0 amide bonds. The standard InChI is InChI=1S/C25H34N4O2/c1-15(2)21-10-16-11-22(30)19(9-17(16)14-28-21)20(26)7-8-23(27)31-18-12-24(3,4)29-25(5,6)13-18/h7-11,14-15,18,26-27,29-30H,12-13H2,1-6H3/b8-7-,26-20?,27-23?. The average Bonchev–Trinajstić information content (AvgIpc) is 2.62. The van der Waals surface area contributed by atoms with E-state index >= 15 is 0 Å². The first-order chi connectivity index (χ1) is 14.3. The number of pyridine rings is 1. The minimum atomic E-state index is -0.0660. The number of nitrogens with one attached hydrogen (secondary N) is 3. The number of aromatic nitrogens is 1. The number of rotatable bonds is 5. The van der Waals surface area contributed by atoms with Crippen LogP contribution in [0, 0.1) is 10.8 Å². The molecule has 2 heterocycles. The van der Waals surface area contributed by atoms with E-state index in [-0.39, 0.29) is 34.5 Å². The van der Waals surface area contributed by atoms with Gasteiger partial charge in [0.25, 0.3) is 0 Å². The molecule has 0 aliphatic carbocycles. The molecule has 4 N–H and O–H groups in total. The summed E-state index contributed by atoms with van der Waals surface area (Å²) in [6, 6.07) is 5.40. The number of ether oxygens (including phenoxy) is 1. The van der Waals surface area contributed by atoms with Crippen LogP contribution in [-0.2, 0) is 4.74 Å². The number of piperidine rings is 1. The highest BCUT2D eigenvalue weighted by Gasteiger charge is 2.38. The topological polar surface area (TPSA) is 102 Å². The van der Waals surface area contributed by atoms with Gasteiger partial charge in [0.15, 0.2) is 0 Å². The van der Waals surface area contributed by atoms with Gasteiger partial charge >= 0.3 is 0 Å². The predicted molar refractivity (Wildman–Crippen MR) is 127 cm³/mol. The zero-order valence-corrected chi connectivity index (χ0v) is 19.3. The zero-order valence-electron chi connectivity index (χ0n) is 19.3. The Hall–Kier alpha value is -2.73. The summed E-state index contributed by atoms with van der Waals surface area (Å²) in [6.07, 6.45) is 6.30. The number of nitrogens with zero attached hydrogens (tertiary/aromatic N) is 1. The number of benzene rings is 1. The molecule has 166 valence electrons. The minimum absolute atomic E-state index is 0.0202. The summed E-state index contributed by atoms with van der Waals surface area (Å²) >= 11 is 0. The maximum absolute atomic E-state index is 10.5. The van der Waals surface area contributed by atoms with Crippen molar-refractivity contribution in [2.45, 2.75) is 77.5 Å². The number of phenolic OH excluding ortho intramolecular Hbond substituents is 1. The zero-order chi connectivity index (χ0) is 23.0. The first-order valence-electron chi connectivity index (χ1n) is 10.8. The third-order valence-corrected chi connectivity index (χ3v) is 5.59. The molecule has 0 spiro atoms. The van der Waals surface area contributed by atoms with Crippen molar-refractivity contribution in [2.75, 3.05) is 0 Å². The molecule has 1 aliphatic heterocycles. The second-order valence-electron chi connectivity index (χ2n) is 10.1. The van der Waals surface area contributed by atoms with Crippen molar-refractivity contribution in [1.82, 2.24) is 10.3 Å². The average molecular weight is 423 g/mol. The van der Waals surface area contributed by atoms with Crippen molar-refractivity contribution < 1.29 is 9.84 Å². The SMILES string of the molecule is CC(C)c1cc2cc(O)c(C(=N)/C=C\C(=N)OC3CC(C)(C)NC(C)(C)C3)cc2cn1. The molecule has 3 rings (SSSR count). The van der Waals surface area contributed by atoms with Gasteiger partial charge in [-0.1, -0.05) is 13.8 Å². The molecule has 1 aliphatic rings. The maximum Gasteiger partial charge on any atom is 0.206 e. The van der Waals surface area contributed by atoms with E-state index in [2.05, 4.69) is 51.8 Å². The summed E-state index contributed by atoms with van der Waals surface area (Å²) in [5, 5.41) is 32.4. The number of allylic oxidation sites excluding steroid dienone is 1. The summed E-state index contributed by atoms with van der Waals surface area (Å²) in [4.78, 5) is 4.47. The summed E-state index contributed by atoms with van der Waals surface area (Å²) in [5.74, 6) is 0.360. The monoisotopic (exact) mass is 422 g/mol. The van der Waals surface area contributed by atoms with Gasteiger partial charge in [0.05, 0.1) is 5.71 Å². The van der Waals surface area contributed by atoms with E-state index in [1.54, 1.807) is 18.3 Å². The third-order valence-electron chi connectivity index (χ3n) is 5.59. The van der Waals surface area contributed by atoms with Crippen LogP contribution in [0.25, 0.3) is 10.8 Å². The molecule has 1 saturated heterocycles. The predicted octanol–water partition coefficient (Wildman–Crippen LogP) is 5.29. The van der Waals surface area contributed by atoms with Crippen LogP contribution < -0.4 is 5.32 Å². The molecular weight excluding hydrogens is 388 g/mol. The molecule has 0 atom stereocenters. The lowest BCUT2D eigenvalue weighted by molar-refractivity contribution is 0.0485. The van der Waals surface area contributed by atoms with Gasteiger partial charge < -0.3 is 20.6 Å². The van der Waals surface area contributed by atoms with Gasteiger partial charge in [-0.2, -0.15) is 0 Å². The second kappa shape index (κ2) is 8.42. The van der Waals surface area contributed by atoms with Gasteiger partial charge in [0.2, 0.25) is 5.90 Å². The van der Waals surface area contributed by atoms with Crippen molar-refractivity contribution in [3.05, 3.63) is 47.8 Å². The van der Waals surface area contributed by atoms with E-state index in [9.17, 15) is 5.11 Å². The molecule has 6 heteroatoms. The highest BCUT2D eigenvalue weighted by molar-refractivity contribution is 6.12. The number of phenols is 1. The molecule has 2 aromatic rings. The first kappa shape index (κ1) is 22.9. The van der Waals surface area contributed by atoms with Crippen LogP contribution in [0.4, 0.5) is 0 Å². The molecule has 6 nitrogen and oxygen atoms in total. The number of fused-ring (bicyclic) bond motifs is 1. The van der Waals surface area contributed by atoms with Crippen LogP contribution in [0.5, 0.6) is 5.75 Å². The van der Waals surface area contributed by atoms with Gasteiger partial charge in [-0.05, 0) is 63.3 Å². The van der Waals surface area contributed by atoms with E-state index in [1.807, 2.05) is 6.07 Å². The Balaban J connectivity index is 1.72. The Labute approximate surface area is 184 Å². The molecule has 0 saturated carbocycles. The smallest absolute Gasteiger partial charge is 0.206 e. The van der Waals surface area contributed by atoms with Gasteiger partial charge in [0.1, 0.15) is 11.9 Å². The molecule has 1 fully saturated rings. The lowest BCUT2D eigenvalue weighted by Crippen LogP contribution is -2.59. The van der Waals surface area contributed by atoms with Crippen LogP contribution >= 0.6 is 0 Å². The Morgan fingerprint density at radius 3 is 2.35 bits per heavy atom. The number of hydrogen-bond acceptors (Lipinski definition) is 6. The second-order valence-corrected chi connectivity index (χ2v) is 10.1. The van der Waals surface area contributed by atoms with Crippen molar-refractivity contribution in [3.8, 4) is 5.75 Å². The molecule has 31 heavy (non-hydrogen) atoms. The van der Waals surface area contributed by atoms with E-state index in [0.29, 0.717) is 11.5 Å². The third kappa shape index (κ3) is 5.70. The fourth-order valence-electron chi connectivity index (χ4n) is 4.51. The summed E-state index contributed by atoms with van der Waals surface area (Å²) in [7, 11) is 0. The first-order valence-corrected chi connectivity index (χ1v) is 10.8. The number of aromatic hydroxyl groups is 1. The van der Waals surface area contributed by atoms with Crippen molar-refractivity contribution >= 4 is 22.4 Å². The van der Waals surface area contributed by atoms with Gasteiger partial charge in [-0.15, -0.1) is 0 Å². The summed E-state index contributed by atoms with van der Waals surface area (Å²) < 4.78 is 5.87. The van der Waals surface area contributed by atoms with E-state index < -0.39 is 0 Å². The molecule has 0 bridgehead atoms. The highest BCUT2D eigenvalue weighted by Crippen LogP contribution is 2.31. The van der Waals surface area contributed by atoms with Gasteiger partial charge in [0, 0.05) is 52.8 Å². The van der Waals surface area contributed by atoms with Crippen molar-refractivity contribution in [3.63, 3.8) is 0 Å². The van der Waals surface area contributed by atoms with Gasteiger partial charge in [-0.3, -0.25) is 10.4 Å². The van der Waals surface area contributed by atoms with Crippen LogP contribution in [0.2, 0.25) is 0 Å². The molecular formula is C25H34N4O2. The molecule has 0 unspecified atom stereocenters. The Kier molecular flexibility index (Phi) is 6.23. The number of hydrogen-bond donors (Lipinski definition) is 4. The van der Waals surface area contributed by atoms with Crippen molar-refractivity contribution in [1.29, 1.82) is 10.8 Å². The fraction of sp³-hybridized carbons (Fsp3) is 0.480. The summed E-state index contributed by atoms with van der Waals surface area (Å²) in [6.45, 7) is 12.7. The fourth-order valence-corrected chi connectivity index (χ4v) is 4.51. The lowest BCUT2D eigenvalue weighted by Gasteiger charge is -2.46. The van der Waals surface area contributed by atoms with Crippen LogP contribution in [0.1, 0.15) is 71.6 Å². The highest BCUT2D eigenvalue weighted by atomic mass is 16.5. The van der Waals surface area contributed by atoms with Crippen LogP contribution in [0.3, 0.4) is 0 Å². The van der Waals surface area contributed by atoms with Gasteiger partial charge in [-0.25, -0.2) is 0 Å². The van der Waals surface area contributed by atoms with E-state index in [4.69, 9.17) is 15.6 Å². The normalized spacial score (nSPS) is 18.5. The quantitative estimate of drug-likeness (QED) is 0.388. The summed E-state index contributed by atoms with van der Waals surface area (Å²) in [5.41, 5.74) is 1.35. The Morgan fingerprint density at radius 1 is 1.10 bits per heavy atom. The van der Waals surface area contributed by atoms with Crippen molar-refractivity contribution in [2.24, 2.45) is 0 Å². The van der Waals surface area contributed by atoms with Crippen LogP contribution in [0.15, 0.2) is 36.5 Å². The largest absolute Gasteiger partial charge is 0.507 e. The molecule has 1 aromatic carbocycles. The van der Waals surface area contributed by atoms with Crippen LogP contribution in [-0.4, -0.2) is 38.9 Å². The van der Waals surface area contributed by atoms with E-state index in [0.717, 1.165) is 29.3 Å². The molecule has 0 radical (unpaired) electrons. The lowest BCUT2D eigenvalue weighted by atomic mass is 9.81. The Bertz CT molecular complexity index is 1020. The maximum atomic E-state index is 10.5. The van der Waals surface area contributed by atoms with E-state index in [1.165, 1.54) is 12.2 Å². The minimum Gasteiger partial charge on any atom is -0.507 e.